The highest BCUT2D eigenvalue weighted by Gasteiger charge is 2.00. The minimum atomic E-state index is 0.194. The SMILES string of the molecule is CNC(=S)SCCSCc1nc[nH]c1C.NC(=S)S. The number of hydrogen-bond donors (Lipinski definition) is 4. The van der Waals surface area contributed by atoms with Crippen LogP contribution in [0.1, 0.15) is 11.4 Å². The number of hydrogen-bond acceptors (Lipinski definition) is 5. The predicted octanol–water partition coefficient (Wildman–Crippen LogP) is 2.35. The van der Waals surface area contributed by atoms with E-state index in [0.717, 1.165) is 27.3 Å². The van der Waals surface area contributed by atoms with Crippen LogP contribution in [0.2, 0.25) is 0 Å². The summed E-state index contributed by atoms with van der Waals surface area (Å²) in [5, 5.41) is 2.95. The Morgan fingerprint density at radius 2 is 2.16 bits per heavy atom. The first-order chi connectivity index (χ1) is 8.97. The number of nitrogens with zero attached hydrogens (tertiary/aromatic N) is 1. The molecule has 4 N–H and O–H groups in total. The maximum atomic E-state index is 5.03. The normalized spacial score (nSPS) is 9.42. The third-order valence-corrected chi connectivity index (χ3v) is 4.50. The van der Waals surface area contributed by atoms with E-state index < -0.39 is 0 Å². The maximum absolute atomic E-state index is 5.03. The van der Waals surface area contributed by atoms with Gasteiger partial charge in [0.15, 0.2) is 0 Å². The standard InChI is InChI=1S/C9H15N3S3.CH3NS2/c1-7-8(12-6-11-7)5-14-3-4-15-9(13)10-2;2-1(3)4/h6H,3-5H2,1-2H3,(H,10,13)(H,11,12);(H3,2,3,4). The summed E-state index contributed by atoms with van der Waals surface area (Å²) in [5.74, 6) is 3.12. The van der Waals surface area contributed by atoms with Gasteiger partial charge in [0, 0.05) is 30.0 Å². The molecule has 108 valence electrons. The Bertz CT molecular complexity index is 389. The van der Waals surface area contributed by atoms with Gasteiger partial charge in [-0.05, 0) is 6.92 Å². The van der Waals surface area contributed by atoms with E-state index in [0.29, 0.717) is 0 Å². The smallest absolute Gasteiger partial charge is 0.133 e. The molecule has 9 heteroatoms. The average Bonchev–Trinajstić information content (AvgIpc) is 2.73. The summed E-state index contributed by atoms with van der Waals surface area (Å²) in [6, 6.07) is 0. The zero-order valence-electron chi connectivity index (χ0n) is 10.8. The fraction of sp³-hybridized carbons (Fsp3) is 0.500. The lowest BCUT2D eigenvalue weighted by Crippen LogP contribution is -2.11. The topological polar surface area (TPSA) is 66.7 Å². The van der Waals surface area contributed by atoms with Crippen LogP contribution >= 0.6 is 60.6 Å². The molecule has 1 heterocycles. The number of aryl methyl sites for hydroxylation is 1. The van der Waals surface area contributed by atoms with Gasteiger partial charge in [-0.25, -0.2) is 4.98 Å². The number of thioether (sulfide) groups is 2. The molecular formula is C10H18N4S5. The van der Waals surface area contributed by atoms with Crippen molar-refractivity contribution < 1.29 is 0 Å². The minimum absolute atomic E-state index is 0.194. The molecule has 0 spiro atoms. The molecule has 0 fully saturated rings. The average molecular weight is 355 g/mol. The highest BCUT2D eigenvalue weighted by molar-refractivity contribution is 8.23. The molecule has 1 aromatic rings. The van der Waals surface area contributed by atoms with E-state index in [1.807, 2.05) is 25.7 Å². The zero-order valence-corrected chi connectivity index (χ0v) is 15.0. The van der Waals surface area contributed by atoms with Gasteiger partial charge in [-0.3, -0.25) is 0 Å². The van der Waals surface area contributed by atoms with E-state index in [2.05, 4.69) is 40.1 Å². The number of H-pyrrole nitrogens is 1. The van der Waals surface area contributed by atoms with Crippen LogP contribution in [-0.4, -0.2) is 37.2 Å². The molecule has 0 amide bonds. The van der Waals surface area contributed by atoms with Gasteiger partial charge < -0.3 is 16.0 Å². The van der Waals surface area contributed by atoms with E-state index in [4.69, 9.17) is 18.0 Å². The molecule has 0 unspecified atom stereocenters. The van der Waals surface area contributed by atoms with E-state index in [-0.39, 0.29) is 4.32 Å². The summed E-state index contributed by atoms with van der Waals surface area (Å²) in [4.78, 5) is 7.32. The summed E-state index contributed by atoms with van der Waals surface area (Å²) in [6.45, 7) is 2.05. The number of thiol groups is 1. The maximum Gasteiger partial charge on any atom is 0.133 e. The fourth-order valence-corrected chi connectivity index (χ4v) is 2.98. The second kappa shape index (κ2) is 11.8. The molecule has 4 nitrogen and oxygen atoms in total. The number of rotatable bonds is 5. The lowest BCUT2D eigenvalue weighted by Gasteiger charge is -2.02. The molecule has 0 atom stereocenters. The van der Waals surface area contributed by atoms with Crippen LogP contribution in [0.4, 0.5) is 0 Å². The van der Waals surface area contributed by atoms with Gasteiger partial charge in [0.05, 0.1) is 12.0 Å². The molecule has 0 aliphatic heterocycles. The first kappa shape index (κ1) is 19.0. The molecule has 0 bridgehead atoms. The fourth-order valence-electron chi connectivity index (χ4n) is 0.967. The van der Waals surface area contributed by atoms with Crippen molar-refractivity contribution in [2.24, 2.45) is 5.73 Å². The summed E-state index contributed by atoms with van der Waals surface area (Å²) in [6.07, 6.45) is 1.75. The Kier molecular flexibility index (Phi) is 11.9. The lowest BCUT2D eigenvalue weighted by atomic mass is 10.4. The quantitative estimate of drug-likeness (QED) is 0.368. The lowest BCUT2D eigenvalue weighted by molar-refractivity contribution is 1.19. The summed E-state index contributed by atoms with van der Waals surface area (Å²) in [7, 11) is 1.86. The highest BCUT2D eigenvalue weighted by Crippen LogP contribution is 2.14. The van der Waals surface area contributed by atoms with Gasteiger partial charge >= 0.3 is 0 Å². The predicted molar refractivity (Wildman–Crippen MR) is 99.4 cm³/mol. The number of thiocarbonyl (C=S) groups is 2. The summed E-state index contributed by atoms with van der Waals surface area (Å²) in [5.41, 5.74) is 7.03. The Balaban J connectivity index is 0.000000711. The van der Waals surface area contributed by atoms with Crippen molar-refractivity contribution in [2.75, 3.05) is 18.6 Å². The molecule has 0 aromatic carbocycles. The second-order valence-corrected chi connectivity index (χ2v) is 7.35. The third kappa shape index (κ3) is 11.6. The number of nitrogens with two attached hydrogens (primary N) is 1. The van der Waals surface area contributed by atoms with E-state index >= 15 is 0 Å². The first-order valence-corrected chi connectivity index (χ1v) is 8.77. The van der Waals surface area contributed by atoms with Crippen LogP contribution < -0.4 is 11.1 Å². The van der Waals surface area contributed by atoms with E-state index in [1.165, 1.54) is 5.69 Å². The van der Waals surface area contributed by atoms with Gasteiger partial charge in [-0.1, -0.05) is 36.2 Å². The van der Waals surface area contributed by atoms with Crippen LogP contribution in [0.25, 0.3) is 0 Å². The van der Waals surface area contributed by atoms with Gasteiger partial charge in [-0.15, -0.1) is 12.6 Å². The summed E-state index contributed by atoms with van der Waals surface area (Å²) < 4.78 is 1.06. The Morgan fingerprint density at radius 3 is 2.63 bits per heavy atom. The Morgan fingerprint density at radius 1 is 1.53 bits per heavy atom. The van der Waals surface area contributed by atoms with Crippen molar-refractivity contribution in [3.05, 3.63) is 17.7 Å². The van der Waals surface area contributed by atoms with Crippen molar-refractivity contribution >= 4 is 69.2 Å². The molecule has 0 radical (unpaired) electrons. The van der Waals surface area contributed by atoms with Gasteiger partial charge in [0.2, 0.25) is 0 Å². The van der Waals surface area contributed by atoms with Crippen LogP contribution in [-0.2, 0) is 5.75 Å². The second-order valence-electron chi connectivity index (χ2n) is 3.25. The number of nitrogens with one attached hydrogen (secondary N) is 2. The van der Waals surface area contributed by atoms with Crippen molar-refractivity contribution in [1.29, 1.82) is 0 Å². The van der Waals surface area contributed by atoms with Crippen LogP contribution in [0.5, 0.6) is 0 Å². The van der Waals surface area contributed by atoms with Gasteiger partial charge in [0.1, 0.15) is 8.64 Å². The van der Waals surface area contributed by atoms with Crippen LogP contribution in [0, 0.1) is 6.92 Å². The van der Waals surface area contributed by atoms with Crippen LogP contribution in [0.3, 0.4) is 0 Å². The molecule has 1 rings (SSSR count). The first-order valence-electron chi connectivity index (χ1n) is 5.36. The molecule has 0 aliphatic carbocycles. The Hall–Kier alpha value is 0.0400. The van der Waals surface area contributed by atoms with E-state index in [1.54, 1.807) is 18.1 Å². The third-order valence-electron chi connectivity index (χ3n) is 1.84. The summed E-state index contributed by atoms with van der Waals surface area (Å²) >= 11 is 16.3. The minimum Gasteiger partial charge on any atom is -0.385 e. The molecule has 19 heavy (non-hydrogen) atoms. The molecule has 1 aromatic heterocycles. The Labute approximate surface area is 138 Å². The monoisotopic (exact) mass is 354 g/mol. The number of imidazole rings is 1. The van der Waals surface area contributed by atoms with Gasteiger partial charge in [-0.2, -0.15) is 11.8 Å². The highest BCUT2D eigenvalue weighted by atomic mass is 32.2. The molecular weight excluding hydrogens is 336 g/mol. The van der Waals surface area contributed by atoms with Crippen molar-refractivity contribution in [3.63, 3.8) is 0 Å². The number of aromatic amines is 1. The van der Waals surface area contributed by atoms with Gasteiger partial charge in [0.25, 0.3) is 0 Å². The number of aromatic nitrogens is 2. The molecule has 0 saturated heterocycles. The molecule has 0 saturated carbocycles. The molecule has 0 aliphatic rings. The van der Waals surface area contributed by atoms with Crippen molar-refractivity contribution in [3.8, 4) is 0 Å². The van der Waals surface area contributed by atoms with Crippen molar-refractivity contribution in [2.45, 2.75) is 12.7 Å². The van der Waals surface area contributed by atoms with E-state index in [9.17, 15) is 0 Å². The van der Waals surface area contributed by atoms with Crippen molar-refractivity contribution in [1.82, 2.24) is 15.3 Å². The largest absolute Gasteiger partial charge is 0.385 e. The van der Waals surface area contributed by atoms with Crippen LogP contribution in [0.15, 0.2) is 6.33 Å². The zero-order chi connectivity index (χ0) is 14.7.